The van der Waals surface area contributed by atoms with Gasteiger partial charge < -0.3 is 9.84 Å². The minimum Gasteiger partial charge on any atom is -0.461 e. The fourth-order valence-corrected chi connectivity index (χ4v) is 7.78. The Bertz CT molecular complexity index is 1180. The number of halogens is 1. The van der Waals surface area contributed by atoms with Gasteiger partial charge in [0.25, 0.3) is 0 Å². The first-order valence-electron chi connectivity index (χ1n) is 14.2. The molecule has 0 unspecified atom stereocenters. The lowest BCUT2D eigenvalue weighted by molar-refractivity contribution is -0.145. The molecule has 38 heavy (non-hydrogen) atoms. The van der Waals surface area contributed by atoms with E-state index in [1.807, 2.05) is 12.1 Å². The van der Waals surface area contributed by atoms with Gasteiger partial charge in [-0.2, -0.15) is 0 Å². The predicted molar refractivity (Wildman–Crippen MR) is 150 cm³/mol. The number of carbonyl (C=O) groups excluding carboxylic acids is 1. The molecule has 0 radical (unpaired) electrons. The highest BCUT2D eigenvalue weighted by molar-refractivity contribution is 6.30. The number of aliphatic hydroxyl groups is 1. The summed E-state index contributed by atoms with van der Waals surface area (Å²) in [4.78, 5) is 18.1. The van der Waals surface area contributed by atoms with Crippen molar-refractivity contribution in [1.29, 1.82) is 0 Å². The number of ether oxygens (including phenoxy) is 1. The van der Waals surface area contributed by atoms with Crippen molar-refractivity contribution < 1.29 is 14.6 Å². The molecule has 5 nitrogen and oxygen atoms in total. The number of allylic oxidation sites excluding steroid dienone is 1. The monoisotopic (exact) mass is 534 g/mol. The van der Waals surface area contributed by atoms with Crippen LogP contribution < -0.4 is 0 Å². The Labute approximate surface area is 231 Å². The highest BCUT2D eigenvalue weighted by atomic mass is 35.5. The summed E-state index contributed by atoms with van der Waals surface area (Å²) in [5.41, 5.74) is 3.54. The molecule has 1 N–H and O–H groups in total. The lowest BCUT2D eigenvalue weighted by atomic mass is 9.55. The third-order valence-corrected chi connectivity index (χ3v) is 10.4. The van der Waals surface area contributed by atoms with E-state index in [9.17, 15) is 9.90 Å². The Kier molecular flexibility index (Phi) is 7.15. The summed E-state index contributed by atoms with van der Waals surface area (Å²) in [5.74, 6) is -0.119. The van der Waals surface area contributed by atoms with Gasteiger partial charge in [-0.05, 0) is 42.0 Å². The average Bonchev–Trinajstić information content (AvgIpc) is 3.23. The molecule has 7 atom stereocenters. The summed E-state index contributed by atoms with van der Waals surface area (Å²) in [7, 11) is 0. The number of rotatable bonds is 5. The minimum absolute atomic E-state index is 0.125. The van der Waals surface area contributed by atoms with Crippen molar-refractivity contribution in [1.82, 2.24) is 9.80 Å². The van der Waals surface area contributed by atoms with E-state index in [2.05, 4.69) is 72.2 Å². The smallest absolute Gasteiger partial charge is 0.311 e. The molecule has 2 heterocycles. The Morgan fingerprint density at radius 3 is 2.45 bits per heavy atom. The highest BCUT2D eigenvalue weighted by Gasteiger charge is 2.59. The number of hydrogen-bond acceptors (Lipinski definition) is 5. The fraction of sp³-hybridized carbons (Fsp3) is 0.531. The molecule has 2 saturated heterocycles. The molecular formula is C32H39ClN2O3. The Balaban J connectivity index is 1.16. The summed E-state index contributed by atoms with van der Waals surface area (Å²) < 4.78 is 5.92. The number of esters is 1. The number of hydrogen-bond donors (Lipinski definition) is 1. The molecule has 0 amide bonds. The van der Waals surface area contributed by atoms with Gasteiger partial charge in [0, 0.05) is 55.5 Å². The van der Waals surface area contributed by atoms with E-state index in [0.29, 0.717) is 12.5 Å². The van der Waals surface area contributed by atoms with Crippen LogP contribution in [0.15, 0.2) is 66.2 Å². The number of benzene rings is 2. The Morgan fingerprint density at radius 1 is 1.05 bits per heavy atom. The standard InChI is InChI=1S/C32H39ClN2O3/c1-21-7-6-10-24-19-27-28(30(36)32(21,24)2)26(31(37)38-27)20-34-15-17-35(18-16-34)29(22-8-4-3-5-9-22)23-11-13-25(33)14-12-23/h3-5,8-14,21,26-30,36H,6-7,15-20H2,1-2H3/t21-,26+,27+,28+,29-,30+,32+/m0/s1. The summed E-state index contributed by atoms with van der Waals surface area (Å²) in [6.45, 7) is 8.70. The van der Waals surface area contributed by atoms with Gasteiger partial charge in [-0.15, -0.1) is 0 Å². The maximum absolute atomic E-state index is 13.1. The van der Waals surface area contributed by atoms with Crippen LogP contribution in [0.2, 0.25) is 5.02 Å². The van der Waals surface area contributed by atoms with E-state index >= 15 is 0 Å². The molecule has 4 aliphatic rings. The van der Waals surface area contributed by atoms with Gasteiger partial charge in [-0.3, -0.25) is 14.6 Å². The van der Waals surface area contributed by atoms with Crippen LogP contribution in [0.5, 0.6) is 0 Å². The van der Waals surface area contributed by atoms with E-state index in [0.717, 1.165) is 50.5 Å². The molecule has 0 spiro atoms. The van der Waals surface area contributed by atoms with E-state index in [4.69, 9.17) is 16.3 Å². The van der Waals surface area contributed by atoms with Crippen LogP contribution in [0.4, 0.5) is 0 Å². The van der Waals surface area contributed by atoms with Crippen LogP contribution >= 0.6 is 11.6 Å². The van der Waals surface area contributed by atoms with Crippen molar-refractivity contribution in [3.63, 3.8) is 0 Å². The lowest BCUT2D eigenvalue weighted by Gasteiger charge is -2.52. The van der Waals surface area contributed by atoms with E-state index in [-0.39, 0.29) is 35.4 Å². The molecule has 0 bridgehead atoms. The third kappa shape index (κ3) is 4.52. The van der Waals surface area contributed by atoms with Gasteiger partial charge in [-0.25, -0.2) is 0 Å². The van der Waals surface area contributed by atoms with E-state index in [1.165, 1.54) is 16.7 Å². The maximum atomic E-state index is 13.1. The molecule has 6 heteroatoms. The summed E-state index contributed by atoms with van der Waals surface area (Å²) in [5, 5.41) is 12.4. The molecule has 2 aliphatic carbocycles. The zero-order valence-corrected chi connectivity index (χ0v) is 23.2. The molecular weight excluding hydrogens is 496 g/mol. The largest absolute Gasteiger partial charge is 0.461 e. The van der Waals surface area contributed by atoms with Gasteiger partial charge in [0.05, 0.1) is 18.1 Å². The van der Waals surface area contributed by atoms with Gasteiger partial charge in [-0.1, -0.05) is 79.6 Å². The average molecular weight is 535 g/mol. The Hall–Kier alpha value is -2.18. The molecule has 2 aliphatic heterocycles. The normalized spacial score (nSPS) is 34.7. The van der Waals surface area contributed by atoms with Crippen LogP contribution in [0, 0.1) is 23.2 Å². The third-order valence-electron chi connectivity index (χ3n) is 10.1. The van der Waals surface area contributed by atoms with Crippen LogP contribution in [0.1, 0.15) is 50.3 Å². The molecule has 1 saturated carbocycles. The second kappa shape index (κ2) is 10.4. The second-order valence-electron chi connectivity index (χ2n) is 12.0. The SMILES string of the molecule is C[C@H]1CCC=C2C[C@H]3OC(=O)[C@H](CN4CCN([C@@H](c5ccccc5)c5ccc(Cl)cc5)CC4)[C@H]3[C@@H](O)[C@@]21C. The summed E-state index contributed by atoms with van der Waals surface area (Å²) in [6, 6.07) is 19.0. The van der Waals surface area contributed by atoms with Gasteiger partial charge in [0.1, 0.15) is 6.10 Å². The quantitative estimate of drug-likeness (QED) is 0.415. The summed E-state index contributed by atoms with van der Waals surface area (Å²) >= 11 is 6.19. The van der Waals surface area contributed by atoms with E-state index in [1.54, 1.807) is 0 Å². The van der Waals surface area contributed by atoms with Crippen molar-refractivity contribution in [3.05, 3.63) is 82.4 Å². The van der Waals surface area contributed by atoms with Crippen molar-refractivity contribution in [2.75, 3.05) is 32.7 Å². The number of aliphatic hydroxyl groups excluding tert-OH is 1. The van der Waals surface area contributed by atoms with Crippen molar-refractivity contribution in [2.24, 2.45) is 23.2 Å². The lowest BCUT2D eigenvalue weighted by Crippen LogP contribution is -2.55. The van der Waals surface area contributed by atoms with Crippen molar-refractivity contribution in [2.45, 2.75) is 51.4 Å². The van der Waals surface area contributed by atoms with Crippen molar-refractivity contribution >= 4 is 17.6 Å². The second-order valence-corrected chi connectivity index (χ2v) is 12.4. The molecule has 6 rings (SSSR count). The number of carbonyl (C=O) groups is 1. The molecule has 0 aromatic heterocycles. The molecule has 3 fully saturated rings. The summed E-state index contributed by atoms with van der Waals surface area (Å²) in [6.07, 6.45) is 4.47. The predicted octanol–water partition coefficient (Wildman–Crippen LogP) is 5.33. The van der Waals surface area contributed by atoms with Crippen LogP contribution in [-0.2, 0) is 9.53 Å². The zero-order valence-electron chi connectivity index (χ0n) is 22.4. The van der Waals surface area contributed by atoms with Gasteiger partial charge in [0.15, 0.2) is 0 Å². The molecule has 2 aromatic carbocycles. The maximum Gasteiger partial charge on any atom is 0.311 e. The van der Waals surface area contributed by atoms with E-state index < -0.39 is 6.10 Å². The van der Waals surface area contributed by atoms with Gasteiger partial charge in [0.2, 0.25) is 0 Å². The van der Waals surface area contributed by atoms with Gasteiger partial charge >= 0.3 is 5.97 Å². The van der Waals surface area contributed by atoms with Crippen LogP contribution in [0.25, 0.3) is 0 Å². The number of piperazine rings is 1. The topological polar surface area (TPSA) is 53.0 Å². The number of fused-ring (bicyclic) bond motifs is 2. The minimum atomic E-state index is -0.548. The van der Waals surface area contributed by atoms with Crippen LogP contribution in [0.3, 0.4) is 0 Å². The van der Waals surface area contributed by atoms with Crippen molar-refractivity contribution in [3.8, 4) is 0 Å². The molecule has 2 aromatic rings. The van der Waals surface area contributed by atoms with Crippen LogP contribution in [-0.4, -0.2) is 65.8 Å². The first-order chi connectivity index (χ1) is 18.4. The zero-order chi connectivity index (χ0) is 26.4. The highest BCUT2D eigenvalue weighted by Crippen LogP contribution is 2.56. The number of nitrogens with zero attached hydrogens (tertiary/aromatic N) is 2. The first kappa shape index (κ1) is 26.1. The fourth-order valence-electron chi connectivity index (χ4n) is 7.65. The Morgan fingerprint density at radius 2 is 1.74 bits per heavy atom. The first-order valence-corrected chi connectivity index (χ1v) is 14.6. The molecule has 202 valence electrons.